The van der Waals surface area contributed by atoms with E-state index in [1.54, 1.807) is 29.3 Å². The summed E-state index contributed by atoms with van der Waals surface area (Å²) < 4.78 is 6.90. The van der Waals surface area contributed by atoms with E-state index in [2.05, 4.69) is 15.1 Å². The van der Waals surface area contributed by atoms with Crippen LogP contribution in [0.3, 0.4) is 0 Å². The molecule has 0 unspecified atom stereocenters. The van der Waals surface area contributed by atoms with E-state index in [0.29, 0.717) is 30.8 Å². The van der Waals surface area contributed by atoms with Gasteiger partial charge in [0.05, 0.1) is 28.0 Å². The number of halogens is 2. The van der Waals surface area contributed by atoms with E-state index >= 15 is 0 Å². The highest BCUT2D eigenvalue weighted by molar-refractivity contribution is 6.37. The van der Waals surface area contributed by atoms with Gasteiger partial charge in [-0.3, -0.25) is 19.6 Å². The second-order valence-electron chi connectivity index (χ2n) is 7.81. The van der Waals surface area contributed by atoms with Crippen LogP contribution >= 0.6 is 23.2 Å². The third kappa shape index (κ3) is 4.68. The van der Waals surface area contributed by atoms with Gasteiger partial charge in [-0.15, -0.1) is 0 Å². The lowest BCUT2D eigenvalue weighted by Crippen LogP contribution is -2.37. The van der Waals surface area contributed by atoms with Gasteiger partial charge >= 0.3 is 5.69 Å². The van der Waals surface area contributed by atoms with E-state index in [1.165, 1.54) is 12.1 Å². The van der Waals surface area contributed by atoms with Crippen molar-refractivity contribution in [2.24, 2.45) is 0 Å². The number of carbonyl (C=O) groups is 1. The molecule has 0 bridgehead atoms. The van der Waals surface area contributed by atoms with Crippen LogP contribution in [0.15, 0.2) is 70.5 Å². The summed E-state index contributed by atoms with van der Waals surface area (Å²) in [5.74, 6) is 0.585. The van der Waals surface area contributed by atoms with E-state index in [1.807, 2.05) is 18.2 Å². The highest BCUT2D eigenvalue weighted by Gasteiger charge is 2.25. The van der Waals surface area contributed by atoms with Crippen molar-refractivity contribution in [1.82, 2.24) is 24.6 Å². The van der Waals surface area contributed by atoms with E-state index in [-0.39, 0.29) is 27.4 Å². The minimum absolute atomic E-state index is 0.0669. The average molecular weight is 510 g/mol. The maximum Gasteiger partial charge on any atom is 0.349 e. The number of H-pyrrole nitrogens is 1. The first kappa shape index (κ1) is 22.8. The Bertz CT molecular complexity index is 1530. The molecule has 9 nitrogen and oxygen atoms in total. The third-order valence-corrected chi connectivity index (χ3v) is 6.05. The Morgan fingerprint density at radius 1 is 1.03 bits per heavy atom. The lowest BCUT2D eigenvalue weighted by atomic mass is 9.98. The van der Waals surface area contributed by atoms with Crippen molar-refractivity contribution in [1.29, 1.82) is 0 Å². The van der Waals surface area contributed by atoms with Crippen LogP contribution < -0.4 is 16.0 Å². The lowest BCUT2D eigenvalue weighted by Gasteiger charge is -2.28. The molecule has 3 heterocycles. The first-order chi connectivity index (χ1) is 16.9. The number of fused-ring (bicyclic) bond motifs is 1. The molecule has 4 aromatic rings. The molecule has 0 fully saturated rings. The van der Waals surface area contributed by atoms with E-state index in [0.717, 1.165) is 22.1 Å². The van der Waals surface area contributed by atoms with Crippen LogP contribution in [-0.2, 0) is 13.0 Å². The second kappa shape index (κ2) is 9.36. The van der Waals surface area contributed by atoms with Gasteiger partial charge in [-0.2, -0.15) is 9.78 Å². The zero-order chi connectivity index (χ0) is 24.5. The normalized spacial score (nSPS) is 13.0. The minimum Gasteiger partial charge on any atom is -0.454 e. The number of amides is 1. The first-order valence-electron chi connectivity index (χ1n) is 10.6. The van der Waals surface area contributed by atoms with Gasteiger partial charge in [0, 0.05) is 18.3 Å². The molecular weight excluding hydrogens is 493 g/mol. The molecule has 5 rings (SSSR count). The highest BCUT2D eigenvalue weighted by atomic mass is 35.5. The van der Waals surface area contributed by atoms with Crippen LogP contribution in [0.4, 0.5) is 0 Å². The van der Waals surface area contributed by atoms with Gasteiger partial charge in [0.25, 0.3) is 11.5 Å². The number of hydrogen-bond donors (Lipinski definition) is 1. The number of nitrogens with zero attached hydrogens (tertiary/aromatic N) is 4. The molecule has 1 N–H and O–H groups in total. The number of rotatable bonds is 5. The van der Waals surface area contributed by atoms with Crippen molar-refractivity contribution in [3.8, 4) is 17.2 Å². The van der Waals surface area contributed by atoms with Gasteiger partial charge in [-0.05, 0) is 54.4 Å². The van der Waals surface area contributed by atoms with Gasteiger partial charge in [0.15, 0.2) is 5.75 Å². The van der Waals surface area contributed by atoms with Crippen LogP contribution in [0.1, 0.15) is 21.6 Å². The fraction of sp³-hybridized carbons (Fsp3) is 0.125. The molecule has 35 heavy (non-hydrogen) atoms. The van der Waals surface area contributed by atoms with E-state index < -0.39 is 11.2 Å². The lowest BCUT2D eigenvalue weighted by molar-refractivity contribution is 0.0725. The average Bonchev–Trinajstić information content (AvgIpc) is 2.84. The minimum atomic E-state index is -0.727. The van der Waals surface area contributed by atoms with Crippen molar-refractivity contribution in [2.75, 3.05) is 6.54 Å². The number of ether oxygens (including phenoxy) is 1. The number of aromatic nitrogens is 4. The standard InChI is InChI=1S/C24H17Cl2N5O4/c25-19-10-16(31-24(34)29-21(32)12-28-31)11-20(26)22(19)35-17-4-5-18-14(9-17)6-8-30(23(18)33)13-15-3-1-2-7-27-15/h1-5,7,9-12H,6,8,13H2,(H,29,32,34). The maximum absolute atomic E-state index is 13.0. The predicted molar refractivity (Wildman–Crippen MR) is 130 cm³/mol. The van der Waals surface area contributed by atoms with E-state index in [9.17, 15) is 14.4 Å². The topological polar surface area (TPSA) is 110 Å². The van der Waals surface area contributed by atoms with Crippen molar-refractivity contribution in [2.45, 2.75) is 13.0 Å². The monoisotopic (exact) mass is 509 g/mol. The predicted octanol–water partition coefficient (Wildman–Crippen LogP) is 3.61. The van der Waals surface area contributed by atoms with Gasteiger partial charge in [0.1, 0.15) is 11.9 Å². The van der Waals surface area contributed by atoms with Crippen molar-refractivity contribution in [3.05, 3.63) is 109 Å². The number of hydrogen-bond acceptors (Lipinski definition) is 6. The largest absolute Gasteiger partial charge is 0.454 e. The highest BCUT2D eigenvalue weighted by Crippen LogP contribution is 2.38. The third-order valence-electron chi connectivity index (χ3n) is 5.48. The quantitative estimate of drug-likeness (QED) is 0.439. The Labute approximate surface area is 208 Å². The summed E-state index contributed by atoms with van der Waals surface area (Å²) >= 11 is 12.8. The number of nitrogens with one attached hydrogen (secondary N) is 1. The fourth-order valence-corrected chi connectivity index (χ4v) is 4.39. The van der Waals surface area contributed by atoms with Gasteiger partial charge < -0.3 is 9.64 Å². The zero-order valence-electron chi connectivity index (χ0n) is 18.1. The smallest absolute Gasteiger partial charge is 0.349 e. The van der Waals surface area contributed by atoms with Gasteiger partial charge in [0.2, 0.25) is 0 Å². The molecule has 11 heteroatoms. The number of pyridine rings is 1. The fourth-order valence-electron chi connectivity index (χ4n) is 3.84. The van der Waals surface area contributed by atoms with Crippen LogP contribution in [0.25, 0.3) is 5.69 Å². The Morgan fingerprint density at radius 2 is 1.83 bits per heavy atom. The zero-order valence-corrected chi connectivity index (χ0v) is 19.6. The SMILES string of the molecule is O=C1c2ccc(Oc3c(Cl)cc(-n4ncc(=O)[nH]c4=O)cc3Cl)cc2CCN1Cc1ccccn1. The van der Waals surface area contributed by atoms with Crippen LogP contribution in [-0.4, -0.2) is 37.1 Å². The summed E-state index contributed by atoms with van der Waals surface area (Å²) in [5, 5.41) is 4.08. The molecule has 0 spiro atoms. The van der Waals surface area contributed by atoms with Crippen LogP contribution in [0.2, 0.25) is 10.0 Å². The Morgan fingerprint density at radius 3 is 2.54 bits per heavy atom. The van der Waals surface area contributed by atoms with Gasteiger partial charge in [-0.25, -0.2) is 4.79 Å². The molecule has 0 saturated heterocycles. The van der Waals surface area contributed by atoms with Crippen molar-refractivity contribution >= 4 is 29.1 Å². The summed E-state index contributed by atoms with van der Waals surface area (Å²) in [6, 6.07) is 13.7. The Balaban J connectivity index is 1.37. The van der Waals surface area contributed by atoms with Crippen LogP contribution in [0.5, 0.6) is 11.5 Å². The molecule has 2 aromatic carbocycles. The summed E-state index contributed by atoms with van der Waals surface area (Å²) in [7, 11) is 0. The summed E-state index contributed by atoms with van der Waals surface area (Å²) in [4.78, 5) is 44.4. The Hall–Kier alpha value is -3.95. The molecule has 0 saturated carbocycles. The summed E-state index contributed by atoms with van der Waals surface area (Å²) in [5.41, 5.74) is 1.21. The molecule has 0 aliphatic carbocycles. The number of carbonyl (C=O) groups excluding carboxylic acids is 1. The Kier molecular flexibility index (Phi) is 6.10. The molecule has 1 aliphatic heterocycles. The molecule has 1 amide bonds. The molecule has 0 radical (unpaired) electrons. The second-order valence-corrected chi connectivity index (χ2v) is 8.62. The number of benzene rings is 2. The van der Waals surface area contributed by atoms with E-state index in [4.69, 9.17) is 27.9 Å². The molecular formula is C24H17Cl2N5O4. The van der Waals surface area contributed by atoms with Gasteiger partial charge in [-0.1, -0.05) is 29.3 Å². The summed E-state index contributed by atoms with van der Waals surface area (Å²) in [6.45, 7) is 1.01. The summed E-state index contributed by atoms with van der Waals surface area (Å²) in [6.07, 6.45) is 3.34. The van der Waals surface area contributed by atoms with Crippen LogP contribution in [0, 0.1) is 0 Å². The molecule has 176 valence electrons. The maximum atomic E-state index is 13.0. The molecule has 2 aromatic heterocycles. The molecule has 1 aliphatic rings. The molecule has 0 atom stereocenters. The van der Waals surface area contributed by atoms with Crippen molar-refractivity contribution in [3.63, 3.8) is 0 Å². The first-order valence-corrected chi connectivity index (χ1v) is 11.3. The number of aromatic amines is 1. The van der Waals surface area contributed by atoms with Crippen molar-refractivity contribution < 1.29 is 9.53 Å².